The second-order valence-electron chi connectivity index (χ2n) is 3.68. The number of hydrogen-bond donors (Lipinski definition) is 0. The number of Topliss-reactive ketones (excluding diaryl/α,β-unsaturated/α-hetero) is 1. The smallest absolute Gasteiger partial charge is 0.410 e. The van der Waals surface area contributed by atoms with Crippen molar-refractivity contribution in [1.29, 1.82) is 0 Å². The Hall–Kier alpha value is -1.59. The van der Waals surface area contributed by atoms with Crippen LogP contribution >= 0.6 is 0 Å². The largest absolute Gasteiger partial charge is 0.465 e. The summed E-state index contributed by atoms with van der Waals surface area (Å²) in [5.41, 5.74) is 0. The highest BCUT2D eigenvalue weighted by Crippen LogP contribution is 2.16. The summed E-state index contributed by atoms with van der Waals surface area (Å²) >= 11 is 0. The van der Waals surface area contributed by atoms with Crippen LogP contribution in [0.4, 0.5) is 4.79 Å². The zero-order chi connectivity index (χ0) is 12.8. The molecule has 1 saturated heterocycles. The molecule has 6 nitrogen and oxygen atoms in total. The summed E-state index contributed by atoms with van der Waals surface area (Å²) < 4.78 is 9.59. The molecule has 0 aromatic heterocycles. The summed E-state index contributed by atoms with van der Waals surface area (Å²) in [5.74, 6) is -1.52. The van der Waals surface area contributed by atoms with Gasteiger partial charge in [-0.3, -0.25) is 9.59 Å². The van der Waals surface area contributed by atoms with Crippen molar-refractivity contribution >= 4 is 17.8 Å². The predicted molar refractivity (Wildman–Crippen MR) is 58.3 cm³/mol. The van der Waals surface area contributed by atoms with E-state index >= 15 is 0 Å². The van der Waals surface area contributed by atoms with E-state index in [2.05, 4.69) is 0 Å². The lowest BCUT2D eigenvalue weighted by molar-refractivity contribution is -0.153. The molecule has 0 bridgehead atoms. The fourth-order valence-electron chi connectivity index (χ4n) is 1.69. The third kappa shape index (κ3) is 3.44. The maximum atomic E-state index is 11.7. The number of esters is 1. The SMILES string of the molecule is CCOC(=O)[C@H]1CCN(C(=O)OCC)CC1=O. The number of ketones is 1. The third-order valence-corrected chi connectivity index (χ3v) is 2.52. The Labute approximate surface area is 99.9 Å². The molecular formula is C11H17NO5. The highest BCUT2D eigenvalue weighted by molar-refractivity contribution is 6.01. The number of nitrogens with zero attached hydrogens (tertiary/aromatic N) is 1. The number of amides is 1. The van der Waals surface area contributed by atoms with Crippen molar-refractivity contribution in [1.82, 2.24) is 4.90 Å². The van der Waals surface area contributed by atoms with Gasteiger partial charge in [0.15, 0.2) is 5.78 Å². The molecule has 0 unspecified atom stereocenters. The molecule has 0 spiro atoms. The fourth-order valence-corrected chi connectivity index (χ4v) is 1.69. The van der Waals surface area contributed by atoms with E-state index in [4.69, 9.17) is 9.47 Å². The van der Waals surface area contributed by atoms with Crippen molar-refractivity contribution in [3.63, 3.8) is 0 Å². The third-order valence-electron chi connectivity index (χ3n) is 2.52. The number of carbonyl (C=O) groups excluding carboxylic acids is 3. The summed E-state index contributed by atoms with van der Waals surface area (Å²) in [4.78, 5) is 35.8. The lowest BCUT2D eigenvalue weighted by atomic mass is 9.96. The van der Waals surface area contributed by atoms with Crippen LogP contribution in [-0.4, -0.2) is 49.0 Å². The molecule has 0 radical (unpaired) electrons. The lowest BCUT2D eigenvalue weighted by Crippen LogP contribution is -2.46. The van der Waals surface area contributed by atoms with Crippen molar-refractivity contribution in [2.24, 2.45) is 5.92 Å². The Morgan fingerprint density at radius 2 is 1.94 bits per heavy atom. The van der Waals surface area contributed by atoms with Gasteiger partial charge >= 0.3 is 12.1 Å². The molecule has 1 fully saturated rings. The molecule has 0 saturated carbocycles. The van der Waals surface area contributed by atoms with Crippen molar-refractivity contribution in [2.75, 3.05) is 26.3 Å². The summed E-state index contributed by atoms with van der Waals surface area (Å²) in [6.45, 7) is 4.17. The van der Waals surface area contributed by atoms with Gasteiger partial charge in [-0.2, -0.15) is 0 Å². The number of carbonyl (C=O) groups is 3. The van der Waals surface area contributed by atoms with Crippen LogP contribution in [0.25, 0.3) is 0 Å². The Morgan fingerprint density at radius 1 is 1.29 bits per heavy atom. The Morgan fingerprint density at radius 3 is 2.47 bits per heavy atom. The highest BCUT2D eigenvalue weighted by atomic mass is 16.6. The van der Waals surface area contributed by atoms with Crippen LogP contribution in [0, 0.1) is 5.92 Å². The van der Waals surface area contributed by atoms with Gasteiger partial charge in [0.2, 0.25) is 0 Å². The van der Waals surface area contributed by atoms with E-state index < -0.39 is 18.0 Å². The van der Waals surface area contributed by atoms with Gasteiger partial charge in [-0.25, -0.2) is 4.79 Å². The monoisotopic (exact) mass is 243 g/mol. The van der Waals surface area contributed by atoms with Crippen LogP contribution in [0.15, 0.2) is 0 Å². The van der Waals surface area contributed by atoms with Crippen LogP contribution in [0.1, 0.15) is 20.3 Å². The maximum Gasteiger partial charge on any atom is 0.410 e. The fraction of sp³-hybridized carbons (Fsp3) is 0.727. The van der Waals surface area contributed by atoms with Crippen LogP contribution < -0.4 is 0 Å². The van der Waals surface area contributed by atoms with Crippen molar-refractivity contribution in [2.45, 2.75) is 20.3 Å². The van der Waals surface area contributed by atoms with Gasteiger partial charge in [0.25, 0.3) is 0 Å². The van der Waals surface area contributed by atoms with E-state index in [9.17, 15) is 14.4 Å². The number of likely N-dealkylation sites (tertiary alicyclic amines) is 1. The van der Waals surface area contributed by atoms with Gasteiger partial charge < -0.3 is 14.4 Å². The van der Waals surface area contributed by atoms with E-state index in [-0.39, 0.29) is 25.5 Å². The van der Waals surface area contributed by atoms with Crippen LogP contribution in [-0.2, 0) is 19.1 Å². The maximum absolute atomic E-state index is 11.7. The average molecular weight is 243 g/mol. The first-order valence-electron chi connectivity index (χ1n) is 5.71. The Bertz CT molecular complexity index is 315. The quantitative estimate of drug-likeness (QED) is 0.536. The summed E-state index contributed by atoms with van der Waals surface area (Å²) in [5, 5.41) is 0. The van der Waals surface area contributed by atoms with E-state index in [1.165, 1.54) is 4.90 Å². The zero-order valence-electron chi connectivity index (χ0n) is 10.1. The highest BCUT2D eigenvalue weighted by Gasteiger charge is 2.35. The number of hydrogen-bond acceptors (Lipinski definition) is 5. The second-order valence-corrected chi connectivity index (χ2v) is 3.68. The summed E-state index contributed by atoms with van der Waals surface area (Å²) in [6.07, 6.45) is -0.209. The van der Waals surface area contributed by atoms with Crippen molar-refractivity contribution < 1.29 is 23.9 Å². The van der Waals surface area contributed by atoms with E-state index in [1.807, 2.05) is 0 Å². The minimum absolute atomic E-state index is 0.0810. The normalized spacial score (nSPS) is 20.0. The molecule has 1 heterocycles. The van der Waals surface area contributed by atoms with Crippen LogP contribution in [0.3, 0.4) is 0 Å². The first-order chi connectivity index (χ1) is 8.10. The first-order valence-corrected chi connectivity index (χ1v) is 5.71. The van der Waals surface area contributed by atoms with E-state index in [0.29, 0.717) is 13.0 Å². The minimum Gasteiger partial charge on any atom is -0.465 e. The van der Waals surface area contributed by atoms with Crippen LogP contribution in [0.2, 0.25) is 0 Å². The molecule has 0 aromatic carbocycles. The molecule has 6 heteroatoms. The van der Waals surface area contributed by atoms with E-state index in [1.54, 1.807) is 13.8 Å². The molecule has 17 heavy (non-hydrogen) atoms. The van der Waals surface area contributed by atoms with Gasteiger partial charge in [0.1, 0.15) is 5.92 Å². The minimum atomic E-state index is -0.736. The predicted octanol–water partition coefficient (Wildman–Crippen LogP) is 0.597. The van der Waals surface area contributed by atoms with Gasteiger partial charge in [0, 0.05) is 6.54 Å². The molecule has 1 aliphatic heterocycles. The molecule has 1 rings (SSSR count). The summed E-state index contributed by atoms with van der Waals surface area (Å²) in [7, 11) is 0. The molecule has 1 atom stereocenters. The molecule has 1 aliphatic rings. The van der Waals surface area contributed by atoms with Gasteiger partial charge in [-0.05, 0) is 20.3 Å². The van der Waals surface area contributed by atoms with Gasteiger partial charge in [-0.15, -0.1) is 0 Å². The standard InChI is InChI=1S/C11H17NO5/c1-3-16-10(14)8-5-6-12(7-9(8)13)11(15)17-4-2/h8H,3-7H2,1-2H3/t8-/m0/s1. The average Bonchev–Trinajstić information content (AvgIpc) is 2.29. The molecule has 96 valence electrons. The van der Waals surface area contributed by atoms with Crippen molar-refractivity contribution in [3.05, 3.63) is 0 Å². The number of rotatable bonds is 3. The topological polar surface area (TPSA) is 72.9 Å². The summed E-state index contributed by atoms with van der Waals surface area (Å²) in [6, 6.07) is 0. The Balaban J connectivity index is 2.52. The molecule has 0 aromatic rings. The Kier molecular flexibility index (Phi) is 4.93. The van der Waals surface area contributed by atoms with Crippen molar-refractivity contribution in [3.8, 4) is 0 Å². The van der Waals surface area contributed by atoms with Gasteiger partial charge in [-0.1, -0.05) is 0 Å². The molecular weight excluding hydrogens is 226 g/mol. The van der Waals surface area contributed by atoms with E-state index in [0.717, 1.165) is 0 Å². The lowest BCUT2D eigenvalue weighted by Gasteiger charge is -2.28. The number of piperidine rings is 1. The molecule has 0 aliphatic carbocycles. The first kappa shape index (κ1) is 13.5. The van der Waals surface area contributed by atoms with Gasteiger partial charge in [0.05, 0.1) is 19.8 Å². The number of ether oxygens (including phenoxy) is 2. The van der Waals surface area contributed by atoms with Crippen LogP contribution in [0.5, 0.6) is 0 Å². The molecule has 0 N–H and O–H groups in total. The molecule has 1 amide bonds. The second kappa shape index (κ2) is 6.22. The zero-order valence-corrected chi connectivity index (χ0v) is 10.1.